The summed E-state index contributed by atoms with van der Waals surface area (Å²) in [7, 11) is 0. The molecule has 5 heteroatoms. The van der Waals surface area contributed by atoms with Gasteiger partial charge in [-0.05, 0) is 21.9 Å². The van der Waals surface area contributed by atoms with Crippen LogP contribution in [0.4, 0.5) is 0 Å². The fourth-order valence-electron chi connectivity index (χ4n) is 2.97. The van der Waals surface area contributed by atoms with E-state index in [0.29, 0.717) is 6.54 Å². The van der Waals surface area contributed by atoms with Crippen LogP contribution in [-0.4, -0.2) is 29.6 Å². The number of carbonyl (C=O) groups excluding carboxylic acids is 2. The molecule has 5 nitrogen and oxygen atoms in total. The second kappa shape index (κ2) is 8.96. The summed E-state index contributed by atoms with van der Waals surface area (Å²) in [6.45, 7) is -0.114. The lowest BCUT2D eigenvalue weighted by Crippen LogP contribution is -2.49. The molecule has 0 saturated heterocycles. The summed E-state index contributed by atoms with van der Waals surface area (Å²) >= 11 is 0. The van der Waals surface area contributed by atoms with E-state index in [1.165, 1.54) is 0 Å². The summed E-state index contributed by atoms with van der Waals surface area (Å²) < 4.78 is 0. The SMILES string of the molecule is O=C(Cc1cccc2ccccc12)N[C@@H](CO)C(=O)NCc1ccccc1. The van der Waals surface area contributed by atoms with E-state index in [4.69, 9.17) is 0 Å². The van der Waals surface area contributed by atoms with Crippen LogP contribution < -0.4 is 10.6 Å². The van der Waals surface area contributed by atoms with Crippen molar-refractivity contribution in [3.8, 4) is 0 Å². The quantitative estimate of drug-likeness (QED) is 0.603. The van der Waals surface area contributed by atoms with Gasteiger partial charge in [0.15, 0.2) is 0 Å². The highest BCUT2D eigenvalue weighted by Crippen LogP contribution is 2.18. The van der Waals surface area contributed by atoms with Gasteiger partial charge in [-0.1, -0.05) is 72.8 Å². The van der Waals surface area contributed by atoms with E-state index < -0.39 is 18.6 Å². The summed E-state index contributed by atoms with van der Waals surface area (Å²) in [6.07, 6.45) is 0.143. The minimum absolute atomic E-state index is 0.143. The molecule has 0 bridgehead atoms. The van der Waals surface area contributed by atoms with Gasteiger partial charge < -0.3 is 15.7 Å². The smallest absolute Gasteiger partial charge is 0.245 e. The van der Waals surface area contributed by atoms with E-state index in [1.54, 1.807) is 0 Å². The van der Waals surface area contributed by atoms with E-state index in [9.17, 15) is 14.7 Å². The maximum atomic E-state index is 12.4. The van der Waals surface area contributed by atoms with Crippen molar-refractivity contribution in [2.75, 3.05) is 6.61 Å². The molecule has 1 atom stereocenters. The standard InChI is InChI=1S/C22H22N2O3/c25-15-20(22(27)23-14-16-7-2-1-3-8-16)24-21(26)13-18-11-6-10-17-9-4-5-12-19(17)18/h1-12,20,25H,13-15H2,(H,23,27)(H,24,26)/t20-/m0/s1. The Kier molecular flexibility index (Phi) is 6.18. The van der Waals surface area contributed by atoms with E-state index >= 15 is 0 Å². The Morgan fingerprint density at radius 1 is 0.889 bits per heavy atom. The van der Waals surface area contributed by atoms with Crippen LogP contribution in [0, 0.1) is 0 Å². The molecule has 0 radical (unpaired) electrons. The molecule has 0 aliphatic carbocycles. The lowest BCUT2D eigenvalue weighted by molar-refractivity contribution is -0.129. The molecule has 27 heavy (non-hydrogen) atoms. The van der Waals surface area contributed by atoms with Gasteiger partial charge in [0.05, 0.1) is 13.0 Å². The van der Waals surface area contributed by atoms with Gasteiger partial charge in [-0.2, -0.15) is 0 Å². The molecule has 0 saturated carbocycles. The normalized spacial score (nSPS) is 11.7. The molecular formula is C22H22N2O3. The van der Waals surface area contributed by atoms with Crippen LogP contribution in [0.15, 0.2) is 72.8 Å². The topological polar surface area (TPSA) is 78.4 Å². The van der Waals surface area contributed by atoms with Crippen LogP contribution in [0.25, 0.3) is 10.8 Å². The molecule has 138 valence electrons. The minimum Gasteiger partial charge on any atom is -0.394 e. The first kappa shape index (κ1) is 18.6. The van der Waals surface area contributed by atoms with E-state index in [-0.39, 0.29) is 12.3 Å². The van der Waals surface area contributed by atoms with Gasteiger partial charge in [0.2, 0.25) is 11.8 Å². The Morgan fingerprint density at radius 3 is 2.37 bits per heavy atom. The van der Waals surface area contributed by atoms with Crippen LogP contribution in [0.5, 0.6) is 0 Å². The molecule has 0 fully saturated rings. The largest absolute Gasteiger partial charge is 0.394 e. The van der Waals surface area contributed by atoms with Crippen LogP contribution in [0.1, 0.15) is 11.1 Å². The Balaban J connectivity index is 1.60. The van der Waals surface area contributed by atoms with Crippen molar-refractivity contribution in [3.63, 3.8) is 0 Å². The zero-order chi connectivity index (χ0) is 19.1. The summed E-state index contributed by atoms with van der Waals surface area (Å²) in [5, 5.41) is 16.9. The summed E-state index contributed by atoms with van der Waals surface area (Å²) in [4.78, 5) is 24.7. The van der Waals surface area contributed by atoms with Crippen LogP contribution in [0.3, 0.4) is 0 Å². The molecule has 0 spiro atoms. The maximum Gasteiger partial charge on any atom is 0.245 e. The molecular weight excluding hydrogens is 340 g/mol. The van der Waals surface area contributed by atoms with Gasteiger partial charge in [0, 0.05) is 6.54 Å². The Labute approximate surface area is 158 Å². The number of benzene rings is 3. The molecule has 0 aliphatic rings. The van der Waals surface area contributed by atoms with E-state index in [0.717, 1.165) is 21.9 Å². The fourth-order valence-corrected chi connectivity index (χ4v) is 2.97. The molecule has 3 N–H and O–H groups in total. The highest BCUT2D eigenvalue weighted by Gasteiger charge is 2.20. The van der Waals surface area contributed by atoms with Crippen LogP contribution >= 0.6 is 0 Å². The lowest BCUT2D eigenvalue weighted by atomic mass is 10.0. The van der Waals surface area contributed by atoms with Gasteiger partial charge in [0.25, 0.3) is 0 Å². The number of hydrogen-bond donors (Lipinski definition) is 3. The average Bonchev–Trinajstić information content (AvgIpc) is 2.71. The minimum atomic E-state index is -0.976. The predicted molar refractivity (Wildman–Crippen MR) is 105 cm³/mol. The third kappa shape index (κ3) is 4.92. The first-order valence-corrected chi connectivity index (χ1v) is 8.86. The Hall–Kier alpha value is -3.18. The Morgan fingerprint density at radius 2 is 1.59 bits per heavy atom. The number of carbonyl (C=O) groups is 2. The second-order valence-electron chi connectivity index (χ2n) is 6.32. The number of fused-ring (bicyclic) bond motifs is 1. The molecule has 0 heterocycles. The number of hydrogen-bond acceptors (Lipinski definition) is 3. The molecule has 3 aromatic carbocycles. The summed E-state index contributed by atoms with van der Waals surface area (Å²) in [5.41, 5.74) is 1.83. The highest BCUT2D eigenvalue weighted by atomic mass is 16.3. The van der Waals surface area contributed by atoms with Gasteiger partial charge >= 0.3 is 0 Å². The molecule has 3 rings (SSSR count). The fraction of sp³-hybridized carbons (Fsp3) is 0.182. The van der Waals surface area contributed by atoms with Crippen molar-refractivity contribution in [2.45, 2.75) is 19.0 Å². The second-order valence-corrected chi connectivity index (χ2v) is 6.32. The van der Waals surface area contributed by atoms with Crippen molar-refractivity contribution < 1.29 is 14.7 Å². The van der Waals surface area contributed by atoms with E-state index in [2.05, 4.69) is 10.6 Å². The molecule has 2 amide bonds. The number of aliphatic hydroxyl groups excluding tert-OH is 1. The van der Waals surface area contributed by atoms with E-state index in [1.807, 2.05) is 72.8 Å². The van der Waals surface area contributed by atoms with Gasteiger partial charge in [-0.3, -0.25) is 9.59 Å². The van der Waals surface area contributed by atoms with Crippen molar-refractivity contribution in [1.82, 2.24) is 10.6 Å². The number of aliphatic hydroxyl groups is 1. The number of rotatable bonds is 7. The molecule has 3 aromatic rings. The van der Waals surface area contributed by atoms with Gasteiger partial charge in [-0.15, -0.1) is 0 Å². The van der Waals surface area contributed by atoms with Crippen LogP contribution in [-0.2, 0) is 22.6 Å². The van der Waals surface area contributed by atoms with Crippen molar-refractivity contribution >= 4 is 22.6 Å². The number of nitrogens with one attached hydrogen (secondary N) is 2. The first-order chi connectivity index (χ1) is 13.2. The van der Waals surface area contributed by atoms with Crippen LogP contribution in [0.2, 0.25) is 0 Å². The summed E-state index contributed by atoms with van der Waals surface area (Å²) in [5.74, 6) is -0.715. The maximum absolute atomic E-state index is 12.4. The third-order valence-corrected chi connectivity index (χ3v) is 4.37. The molecule has 0 aliphatic heterocycles. The molecule has 0 unspecified atom stereocenters. The number of amides is 2. The van der Waals surface area contributed by atoms with Crippen molar-refractivity contribution in [3.05, 3.63) is 83.9 Å². The van der Waals surface area contributed by atoms with Gasteiger partial charge in [-0.25, -0.2) is 0 Å². The average molecular weight is 362 g/mol. The lowest BCUT2D eigenvalue weighted by Gasteiger charge is -2.16. The van der Waals surface area contributed by atoms with Crippen molar-refractivity contribution in [2.24, 2.45) is 0 Å². The predicted octanol–water partition coefficient (Wildman–Crippen LogP) is 2.18. The third-order valence-electron chi connectivity index (χ3n) is 4.37. The Bertz CT molecular complexity index is 920. The van der Waals surface area contributed by atoms with Gasteiger partial charge in [0.1, 0.15) is 6.04 Å². The summed E-state index contributed by atoms with van der Waals surface area (Å²) in [6, 6.07) is 22.1. The van der Waals surface area contributed by atoms with Crippen molar-refractivity contribution in [1.29, 1.82) is 0 Å². The monoisotopic (exact) mass is 362 g/mol. The first-order valence-electron chi connectivity index (χ1n) is 8.86. The molecule has 0 aromatic heterocycles. The zero-order valence-electron chi connectivity index (χ0n) is 14.9. The zero-order valence-corrected chi connectivity index (χ0v) is 14.9. The highest BCUT2D eigenvalue weighted by molar-refractivity contribution is 5.92.